The molecule has 1 aliphatic heterocycles. The van der Waals surface area contributed by atoms with Crippen molar-refractivity contribution in [2.24, 2.45) is 0 Å². The van der Waals surface area contributed by atoms with Gasteiger partial charge < -0.3 is 4.90 Å². The van der Waals surface area contributed by atoms with E-state index in [0.29, 0.717) is 12.8 Å². The van der Waals surface area contributed by atoms with Crippen molar-refractivity contribution in [2.45, 2.75) is 37.5 Å². The van der Waals surface area contributed by atoms with Gasteiger partial charge in [0.2, 0.25) is 5.91 Å². The number of nitrogens with zero attached hydrogens (tertiary/aromatic N) is 1. The maximum absolute atomic E-state index is 12.6. The van der Waals surface area contributed by atoms with Crippen molar-refractivity contribution in [3.8, 4) is 0 Å². The summed E-state index contributed by atoms with van der Waals surface area (Å²) in [6.07, 6.45) is 4.13. The van der Waals surface area contributed by atoms with Gasteiger partial charge in [0.1, 0.15) is 5.41 Å². The van der Waals surface area contributed by atoms with Crippen LogP contribution in [0.1, 0.15) is 37.7 Å². The molecule has 1 spiro atoms. The standard InChI is InChI=1S/C15H17NO2/c1-16-12-8-5-4-7-11(12)15(14(16)18)10-6-2-3-9-13(15)17/h4-5,7-8H,2-3,6,9-10H2,1H3. The Morgan fingerprint density at radius 1 is 1.11 bits per heavy atom. The molecule has 1 atom stereocenters. The number of Topliss-reactive ketones (excluding diaryl/α,β-unsaturated/α-hetero) is 1. The molecule has 94 valence electrons. The first kappa shape index (κ1) is 11.5. The number of hydrogen-bond donors (Lipinski definition) is 0. The summed E-state index contributed by atoms with van der Waals surface area (Å²) in [5.74, 6) is 0.0809. The second kappa shape index (κ2) is 3.94. The molecule has 1 aromatic rings. The normalized spacial score (nSPS) is 27.5. The van der Waals surface area contributed by atoms with Crippen LogP contribution in [0.3, 0.4) is 0 Å². The molecule has 0 aromatic heterocycles. The van der Waals surface area contributed by atoms with Crippen molar-refractivity contribution in [3.05, 3.63) is 29.8 Å². The van der Waals surface area contributed by atoms with E-state index in [1.54, 1.807) is 11.9 Å². The number of rotatable bonds is 0. The van der Waals surface area contributed by atoms with Gasteiger partial charge in [-0.05, 0) is 24.5 Å². The highest BCUT2D eigenvalue weighted by molar-refractivity contribution is 6.22. The highest BCUT2D eigenvalue weighted by Crippen LogP contribution is 2.46. The summed E-state index contributed by atoms with van der Waals surface area (Å²) in [6.45, 7) is 0. The predicted octanol–water partition coefficient (Wildman–Crippen LogP) is 2.43. The molecule has 1 heterocycles. The monoisotopic (exact) mass is 243 g/mol. The van der Waals surface area contributed by atoms with E-state index in [9.17, 15) is 9.59 Å². The Labute approximate surface area is 107 Å². The highest BCUT2D eigenvalue weighted by atomic mass is 16.2. The molecule has 18 heavy (non-hydrogen) atoms. The van der Waals surface area contributed by atoms with Crippen LogP contribution in [-0.2, 0) is 15.0 Å². The van der Waals surface area contributed by atoms with Gasteiger partial charge in [-0.1, -0.05) is 31.0 Å². The average Bonchev–Trinajstić information content (AvgIpc) is 2.54. The van der Waals surface area contributed by atoms with Crippen LogP contribution in [0, 0.1) is 0 Å². The molecule has 1 aromatic carbocycles. The molecule has 1 amide bonds. The van der Waals surface area contributed by atoms with E-state index in [1.807, 2.05) is 24.3 Å². The molecular formula is C15H17NO2. The quantitative estimate of drug-likeness (QED) is 0.656. The van der Waals surface area contributed by atoms with Crippen LogP contribution in [0.5, 0.6) is 0 Å². The van der Waals surface area contributed by atoms with Gasteiger partial charge in [0, 0.05) is 19.2 Å². The third kappa shape index (κ3) is 1.30. The lowest BCUT2D eigenvalue weighted by Crippen LogP contribution is -2.44. The average molecular weight is 243 g/mol. The molecule has 1 saturated carbocycles. The molecule has 0 bridgehead atoms. The fraction of sp³-hybridized carbons (Fsp3) is 0.467. The molecule has 0 saturated heterocycles. The van der Waals surface area contributed by atoms with Crippen LogP contribution < -0.4 is 4.90 Å². The number of carbonyl (C=O) groups is 2. The second-order valence-electron chi connectivity index (χ2n) is 5.27. The van der Waals surface area contributed by atoms with Crippen molar-refractivity contribution in [2.75, 3.05) is 11.9 Å². The van der Waals surface area contributed by atoms with Crippen LogP contribution in [0.25, 0.3) is 0 Å². The van der Waals surface area contributed by atoms with Crippen LogP contribution in [0.2, 0.25) is 0 Å². The SMILES string of the molecule is CN1C(=O)C2(CCCCCC2=O)c2ccccc21. The van der Waals surface area contributed by atoms with E-state index in [1.165, 1.54) is 0 Å². The number of para-hydroxylation sites is 1. The second-order valence-corrected chi connectivity index (χ2v) is 5.27. The molecule has 0 radical (unpaired) electrons. The Bertz CT molecular complexity index is 523. The van der Waals surface area contributed by atoms with Crippen molar-refractivity contribution in [1.82, 2.24) is 0 Å². The molecule has 3 rings (SSSR count). The largest absolute Gasteiger partial charge is 0.314 e. The Balaban J connectivity index is 2.21. The van der Waals surface area contributed by atoms with Gasteiger partial charge in [0.25, 0.3) is 0 Å². The summed E-state index contributed by atoms with van der Waals surface area (Å²) in [7, 11) is 1.77. The first-order valence-electron chi connectivity index (χ1n) is 6.59. The number of amides is 1. The summed E-state index contributed by atoms with van der Waals surface area (Å²) in [5.41, 5.74) is 0.948. The molecule has 3 nitrogen and oxygen atoms in total. The van der Waals surface area contributed by atoms with Crippen LogP contribution in [-0.4, -0.2) is 18.7 Å². The number of anilines is 1. The number of carbonyl (C=O) groups excluding carboxylic acids is 2. The minimum absolute atomic E-state index is 0.0319. The van der Waals surface area contributed by atoms with Gasteiger partial charge in [0.05, 0.1) is 0 Å². The summed E-state index contributed by atoms with van der Waals surface area (Å²) in [5, 5.41) is 0. The first-order valence-corrected chi connectivity index (χ1v) is 6.59. The van der Waals surface area contributed by atoms with E-state index in [0.717, 1.165) is 30.5 Å². The van der Waals surface area contributed by atoms with Crippen molar-refractivity contribution in [3.63, 3.8) is 0 Å². The maximum Gasteiger partial charge on any atom is 0.245 e. The molecule has 2 aliphatic rings. The van der Waals surface area contributed by atoms with Gasteiger partial charge in [-0.25, -0.2) is 0 Å². The number of fused-ring (bicyclic) bond motifs is 2. The fourth-order valence-electron chi connectivity index (χ4n) is 3.35. The van der Waals surface area contributed by atoms with E-state index in [2.05, 4.69) is 0 Å². The lowest BCUT2D eigenvalue weighted by molar-refractivity contribution is -0.134. The number of likely N-dealkylation sites (N-methyl/N-ethyl adjacent to an activating group) is 1. The van der Waals surface area contributed by atoms with Gasteiger partial charge in [0.15, 0.2) is 5.78 Å². The van der Waals surface area contributed by atoms with Gasteiger partial charge in [-0.3, -0.25) is 9.59 Å². The van der Waals surface area contributed by atoms with Crippen molar-refractivity contribution in [1.29, 1.82) is 0 Å². The lowest BCUT2D eigenvalue weighted by Gasteiger charge is -2.24. The summed E-state index contributed by atoms with van der Waals surface area (Å²) in [4.78, 5) is 26.8. The summed E-state index contributed by atoms with van der Waals surface area (Å²) in [6, 6.07) is 7.72. The van der Waals surface area contributed by atoms with Gasteiger partial charge >= 0.3 is 0 Å². The minimum atomic E-state index is -0.873. The lowest BCUT2D eigenvalue weighted by atomic mass is 9.74. The van der Waals surface area contributed by atoms with E-state index >= 15 is 0 Å². The van der Waals surface area contributed by atoms with Gasteiger partial charge in [-0.2, -0.15) is 0 Å². The molecule has 0 N–H and O–H groups in total. The third-order valence-electron chi connectivity index (χ3n) is 4.33. The molecular weight excluding hydrogens is 226 g/mol. The third-order valence-corrected chi connectivity index (χ3v) is 4.33. The van der Waals surface area contributed by atoms with E-state index in [-0.39, 0.29) is 11.7 Å². The summed E-state index contributed by atoms with van der Waals surface area (Å²) >= 11 is 0. The molecule has 3 heteroatoms. The zero-order valence-corrected chi connectivity index (χ0v) is 10.6. The Morgan fingerprint density at radius 2 is 1.89 bits per heavy atom. The Kier molecular flexibility index (Phi) is 2.51. The predicted molar refractivity (Wildman–Crippen MR) is 69.6 cm³/mol. The zero-order valence-electron chi connectivity index (χ0n) is 10.6. The van der Waals surface area contributed by atoms with Crippen molar-refractivity contribution >= 4 is 17.4 Å². The topological polar surface area (TPSA) is 37.4 Å². The first-order chi connectivity index (χ1) is 8.68. The molecule has 1 fully saturated rings. The smallest absolute Gasteiger partial charge is 0.245 e. The number of hydrogen-bond acceptors (Lipinski definition) is 2. The zero-order chi connectivity index (χ0) is 12.8. The number of ketones is 1. The highest BCUT2D eigenvalue weighted by Gasteiger charge is 2.54. The van der Waals surface area contributed by atoms with Crippen LogP contribution in [0.4, 0.5) is 5.69 Å². The van der Waals surface area contributed by atoms with Crippen molar-refractivity contribution < 1.29 is 9.59 Å². The minimum Gasteiger partial charge on any atom is -0.314 e. The fourth-order valence-corrected chi connectivity index (χ4v) is 3.35. The van der Waals surface area contributed by atoms with Crippen LogP contribution in [0.15, 0.2) is 24.3 Å². The van der Waals surface area contributed by atoms with Crippen LogP contribution >= 0.6 is 0 Å². The maximum atomic E-state index is 12.6. The number of benzene rings is 1. The Hall–Kier alpha value is -1.64. The summed E-state index contributed by atoms with van der Waals surface area (Å²) < 4.78 is 0. The molecule has 1 unspecified atom stereocenters. The Morgan fingerprint density at radius 3 is 2.72 bits per heavy atom. The van der Waals surface area contributed by atoms with E-state index < -0.39 is 5.41 Å². The van der Waals surface area contributed by atoms with E-state index in [4.69, 9.17) is 0 Å². The van der Waals surface area contributed by atoms with Gasteiger partial charge in [-0.15, -0.1) is 0 Å². The molecule has 1 aliphatic carbocycles.